The van der Waals surface area contributed by atoms with Crippen LogP contribution in [-0.4, -0.2) is 50.8 Å². The Morgan fingerprint density at radius 2 is 1.74 bits per heavy atom. The standard InChI is InChI=1S/C29H27ClN4O4/c30-24-16-20(10-11-26(24)35)28(37)32-31-17-21-18-34(25-9-5-4-8-23(21)25)19-27(36)33-14-12-29(38,13-15-33)22-6-2-1-3-7-22/h1-11,16-18,35,38H,12-15,19H2,(H,32,37). The van der Waals surface area contributed by atoms with Crippen molar-refractivity contribution >= 4 is 40.5 Å². The van der Waals surface area contributed by atoms with E-state index in [-0.39, 0.29) is 28.8 Å². The molecule has 38 heavy (non-hydrogen) atoms. The quantitative estimate of drug-likeness (QED) is 0.255. The Bertz CT molecular complexity index is 1510. The van der Waals surface area contributed by atoms with Crippen LogP contribution in [-0.2, 0) is 16.9 Å². The average molecular weight is 531 g/mol. The number of carbonyl (C=O) groups excluding carboxylic acids is 2. The van der Waals surface area contributed by atoms with Gasteiger partial charge in [-0.05, 0) is 42.7 Å². The highest BCUT2D eigenvalue weighted by Crippen LogP contribution is 2.33. The number of amides is 2. The van der Waals surface area contributed by atoms with E-state index in [1.807, 2.05) is 65.4 Å². The Hall–Kier alpha value is -4.14. The van der Waals surface area contributed by atoms with E-state index in [2.05, 4.69) is 10.5 Å². The molecule has 4 aromatic rings. The summed E-state index contributed by atoms with van der Waals surface area (Å²) in [4.78, 5) is 27.4. The molecule has 0 unspecified atom stereocenters. The van der Waals surface area contributed by atoms with Gasteiger partial charge in [-0.1, -0.05) is 60.1 Å². The van der Waals surface area contributed by atoms with Gasteiger partial charge in [-0.2, -0.15) is 5.10 Å². The molecular weight excluding hydrogens is 504 g/mol. The van der Waals surface area contributed by atoms with Crippen LogP contribution in [0.1, 0.15) is 34.3 Å². The Morgan fingerprint density at radius 3 is 2.47 bits per heavy atom. The van der Waals surface area contributed by atoms with E-state index in [0.29, 0.717) is 25.9 Å². The van der Waals surface area contributed by atoms with E-state index in [4.69, 9.17) is 11.6 Å². The van der Waals surface area contributed by atoms with Gasteiger partial charge in [0.05, 0.1) is 16.8 Å². The molecule has 0 bridgehead atoms. The van der Waals surface area contributed by atoms with Crippen LogP contribution < -0.4 is 5.43 Å². The minimum absolute atomic E-state index is 0.0261. The number of carbonyl (C=O) groups is 2. The Labute approximate surface area is 224 Å². The number of phenolic OH excluding ortho intramolecular Hbond substituents is 1. The number of nitrogens with zero attached hydrogens (tertiary/aromatic N) is 3. The minimum atomic E-state index is -0.919. The third-order valence-corrected chi connectivity index (χ3v) is 7.26. The number of fused-ring (bicyclic) bond motifs is 1. The molecule has 194 valence electrons. The molecule has 1 fully saturated rings. The second-order valence-electron chi connectivity index (χ2n) is 9.37. The number of phenols is 1. The number of hydrogen-bond donors (Lipinski definition) is 3. The molecule has 3 N–H and O–H groups in total. The van der Waals surface area contributed by atoms with E-state index in [1.165, 1.54) is 24.4 Å². The van der Waals surface area contributed by atoms with Gasteiger partial charge in [-0.3, -0.25) is 9.59 Å². The molecule has 3 aromatic carbocycles. The van der Waals surface area contributed by atoms with E-state index >= 15 is 0 Å². The number of hydrazone groups is 1. The highest BCUT2D eigenvalue weighted by atomic mass is 35.5. The van der Waals surface area contributed by atoms with E-state index in [0.717, 1.165) is 22.0 Å². The summed E-state index contributed by atoms with van der Waals surface area (Å²) in [5.74, 6) is -0.602. The molecule has 1 aliphatic heterocycles. The summed E-state index contributed by atoms with van der Waals surface area (Å²) in [5.41, 5.74) is 4.31. The van der Waals surface area contributed by atoms with Gasteiger partial charge in [0.15, 0.2) is 0 Å². The average Bonchev–Trinajstić information content (AvgIpc) is 3.28. The monoisotopic (exact) mass is 530 g/mol. The molecule has 2 amide bonds. The molecule has 0 aliphatic carbocycles. The maximum Gasteiger partial charge on any atom is 0.271 e. The van der Waals surface area contributed by atoms with Crippen LogP contribution in [0.4, 0.5) is 0 Å². The molecule has 0 saturated carbocycles. The van der Waals surface area contributed by atoms with Crippen molar-refractivity contribution in [2.75, 3.05) is 13.1 Å². The zero-order chi connectivity index (χ0) is 26.7. The number of benzene rings is 3. The summed E-state index contributed by atoms with van der Waals surface area (Å²) in [7, 11) is 0. The van der Waals surface area contributed by atoms with Crippen molar-refractivity contribution in [2.24, 2.45) is 5.10 Å². The van der Waals surface area contributed by atoms with Gasteiger partial charge < -0.3 is 19.7 Å². The van der Waals surface area contributed by atoms with Crippen molar-refractivity contribution in [1.82, 2.24) is 14.9 Å². The number of piperidine rings is 1. The first-order chi connectivity index (χ1) is 18.3. The lowest BCUT2D eigenvalue weighted by molar-refractivity contribution is -0.136. The van der Waals surface area contributed by atoms with E-state index in [1.54, 1.807) is 4.90 Å². The number of aliphatic hydroxyl groups is 1. The van der Waals surface area contributed by atoms with Gasteiger partial charge >= 0.3 is 0 Å². The molecule has 0 spiro atoms. The summed E-state index contributed by atoms with van der Waals surface area (Å²) >= 11 is 5.88. The first-order valence-corrected chi connectivity index (χ1v) is 12.7. The smallest absolute Gasteiger partial charge is 0.271 e. The Morgan fingerprint density at radius 1 is 1.03 bits per heavy atom. The first kappa shape index (κ1) is 25.5. The lowest BCUT2D eigenvalue weighted by atomic mass is 9.84. The molecule has 8 nitrogen and oxygen atoms in total. The Kier molecular flexibility index (Phi) is 7.18. The lowest BCUT2D eigenvalue weighted by Gasteiger charge is -2.38. The molecule has 1 aromatic heterocycles. The highest BCUT2D eigenvalue weighted by Gasteiger charge is 2.35. The zero-order valence-electron chi connectivity index (χ0n) is 20.5. The second-order valence-corrected chi connectivity index (χ2v) is 9.78. The zero-order valence-corrected chi connectivity index (χ0v) is 21.3. The fourth-order valence-electron chi connectivity index (χ4n) is 4.79. The number of rotatable bonds is 6. The predicted octanol–water partition coefficient (Wildman–Crippen LogP) is 4.27. The van der Waals surface area contributed by atoms with Crippen LogP contribution in [0.15, 0.2) is 84.1 Å². The summed E-state index contributed by atoms with van der Waals surface area (Å²) in [6.07, 6.45) is 4.34. The largest absolute Gasteiger partial charge is 0.506 e. The SMILES string of the molecule is O=C(NN=Cc1cn(CC(=O)N2CCC(O)(c3ccccc3)CC2)c2ccccc12)c1ccc(O)c(Cl)c1. The van der Waals surface area contributed by atoms with E-state index < -0.39 is 11.5 Å². The predicted molar refractivity (Wildman–Crippen MR) is 146 cm³/mol. The van der Waals surface area contributed by atoms with Gasteiger partial charge in [0.25, 0.3) is 5.91 Å². The van der Waals surface area contributed by atoms with Crippen molar-refractivity contribution in [1.29, 1.82) is 0 Å². The first-order valence-electron chi connectivity index (χ1n) is 12.3. The highest BCUT2D eigenvalue weighted by molar-refractivity contribution is 6.32. The van der Waals surface area contributed by atoms with Crippen LogP contribution in [0.3, 0.4) is 0 Å². The van der Waals surface area contributed by atoms with Gasteiger partial charge in [-0.15, -0.1) is 0 Å². The maximum absolute atomic E-state index is 13.2. The summed E-state index contributed by atoms with van der Waals surface area (Å²) in [6.45, 7) is 1.10. The number of para-hydroxylation sites is 1. The summed E-state index contributed by atoms with van der Waals surface area (Å²) in [5, 5.41) is 25.7. The van der Waals surface area contributed by atoms with Gasteiger partial charge in [0.2, 0.25) is 5.91 Å². The van der Waals surface area contributed by atoms with Gasteiger partial charge in [-0.25, -0.2) is 5.43 Å². The van der Waals surface area contributed by atoms with Crippen LogP contribution in [0.2, 0.25) is 5.02 Å². The maximum atomic E-state index is 13.2. The van der Waals surface area contributed by atoms with Gasteiger partial charge in [0, 0.05) is 41.3 Å². The number of aromatic nitrogens is 1. The van der Waals surface area contributed by atoms with Crippen LogP contribution in [0.5, 0.6) is 5.75 Å². The van der Waals surface area contributed by atoms with Crippen molar-refractivity contribution in [3.8, 4) is 5.75 Å². The second kappa shape index (κ2) is 10.7. The number of halogens is 1. The molecule has 1 saturated heterocycles. The number of aromatic hydroxyl groups is 1. The number of nitrogens with one attached hydrogen (secondary N) is 1. The van der Waals surface area contributed by atoms with Gasteiger partial charge in [0.1, 0.15) is 12.3 Å². The van der Waals surface area contributed by atoms with E-state index in [9.17, 15) is 19.8 Å². The molecule has 0 atom stereocenters. The molecule has 2 heterocycles. The fourth-order valence-corrected chi connectivity index (χ4v) is 4.97. The number of likely N-dealkylation sites (tertiary alicyclic amines) is 1. The normalized spacial score (nSPS) is 15.2. The topological polar surface area (TPSA) is 107 Å². The third-order valence-electron chi connectivity index (χ3n) is 6.96. The molecular formula is C29H27ClN4O4. The molecule has 1 aliphatic rings. The van der Waals surface area contributed by atoms with Crippen LogP contribution in [0.25, 0.3) is 10.9 Å². The van der Waals surface area contributed by atoms with Crippen LogP contribution in [0, 0.1) is 0 Å². The lowest BCUT2D eigenvalue weighted by Crippen LogP contribution is -2.46. The summed E-state index contributed by atoms with van der Waals surface area (Å²) < 4.78 is 1.87. The molecule has 5 rings (SSSR count). The van der Waals surface area contributed by atoms with Crippen molar-refractivity contribution in [3.05, 3.63) is 101 Å². The number of hydrogen-bond acceptors (Lipinski definition) is 5. The molecule has 9 heteroatoms. The van der Waals surface area contributed by atoms with Crippen molar-refractivity contribution in [2.45, 2.75) is 25.0 Å². The third kappa shape index (κ3) is 5.27. The molecule has 0 radical (unpaired) electrons. The Balaban J connectivity index is 1.26. The van der Waals surface area contributed by atoms with Crippen molar-refractivity contribution in [3.63, 3.8) is 0 Å². The van der Waals surface area contributed by atoms with Crippen molar-refractivity contribution < 1.29 is 19.8 Å². The summed E-state index contributed by atoms with van der Waals surface area (Å²) in [6, 6.07) is 21.4. The fraction of sp³-hybridized carbons (Fsp3) is 0.207. The minimum Gasteiger partial charge on any atom is -0.506 e. The van der Waals surface area contributed by atoms with Crippen LogP contribution >= 0.6 is 11.6 Å².